The van der Waals surface area contributed by atoms with Crippen molar-refractivity contribution in [1.29, 1.82) is 0 Å². The average Bonchev–Trinajstić information content (AvgIpc) is 3.10. The van der Waals surface area contributed by atoms with Gasteiger partial charge in [-0.3, -0.25) is 14.9 Å². The number of ether oxygens (including phenoxy) is 1. The molecule has 0 aromatic heterocycles. The maximum atomic E-state index is 12.4. The minimum Gasteiger partial charge on any atom is -0.491 e. The van der Waals surface area contributed by atoms with Gasteiger partial charge in [0.05, 0.1) is 6.61 Å². The van der Waals surface area contributed by atoms with Gasteiger partial charge in [0.15, 0.2) is 0 Å². The Labute approximate surface area is 172 Å². The van der Waals surface area contributed by atoms with Crippen LogP contribution in [-0.2, 0) is 16.1 Å². The highest BCUT2D eigenvalue weighted by Crippen LogP contribution is 2.36. The molecule has 4 rings (SSSR count). The highest BCUT2D eigenvalue weighted by Gasteiger charge is 2.30. The molecular formula is C22H30N4O3. The molecule has 2 heterocycles. The van der Waals surface area contributed by atoms with Crippen LogP contribution >= 0.6 is 0 Å². The van der Waals surface area contributed by atoms with Crippen LogP contribution in [0.4, 0.5) is 5.69 Å². The fourth-order valence-corrected chi connectivity index (χ4v) is 4.38. The van der Waals surface area contributed by atoms with Gasteiger partial charge in [-0.2, -0.15) is 0 Å². The maximum Gasteiger partial charge on any atom is 0.246 e. The van der Waals surface area contributed by atoms with Crippen molar-refractivity contribution in [2.45, 2.75) is 64.0 Å². The summed E-state index contributed by atoms with van der Waals surface area (Å²) in [6, 6.07) is 6.32. The van der Waals surface area contributed by atoms with E-state index in [1.165, 1.54) is 19.3 Å². The molecule has 0 unspecified atom stereocenters. The number of unbranched alkanes of at least 4 members (excludes halogenated alkanes) is 1. The zero-order valence-corrected chi connectivity index (χ0v) is 17.2. The molecule has 1 saturated carbocycles. The van der Waals surface area contributed by atoms with E-state index < -0.39 is 0 Å². The van der Waals surface area contributed by atoms with Crippen molar-refractivity contribution in [3.8, 4) is 5.75 Å². The van der Waals surface area contributed by atoms with Crippen molar-refractivity contribution in [3.05, 3.63) is 23.8 Å². The molecule has 0 spiro atoms. The second-order valence-corrected chi connectivity index (χ2v) is 8.21. The molecule has 0 radical (unpaired) electrons. The number of rotatable bonds is 7. The maximum absolute atomic E-state index is 12.4. The van der Waals surface area contributed by atoms with E-state index in [1.54, 1.807) is 0 Å². The standard InChI is InChI=1S/C22H30N4O3/c1-25(17-9-3-2-4-10-17)20(28)12-5-6-13-29-18-11-7-8-16-14-26-15-19(27)23-22(26)24-21(16)18/h7-8,11,17H,2-6,9-10,12-15H2,1H3,(H,23,24,27). The van der Waals surface area contributed by atoms with Crippen LogP contribution in [0.3, 0.4) is 0 Å². The monoisotopic (exact) mass is 398 g/mol. The zero-order chi connectivity index (χ0) is 20.2. The molecule has 1 aliphatic carbocycles. The van der Waals surface area contributed by atoms with Crippen LogP contribution in [0, 0.1) is 0 Å². The Kier molecular flexibility index (Phi) is 6.02. The number of benzene rings is 1. The smallest absolute Gasteiger partial charge is 0.246 e. The number of hydrogen-bond donors (Lipinski definition) is 1. The number of carbonyl (C=O) groups excluding carboxylic acids is 2. The van der Waals surface area contributed by atoms with Gasteiger partial charge in [0.1, 0.15) is 18.0 Å². The predicted octanol–water partition coefficient (Wildman–Crippen LogP) is 2.96. The van der Waals surface area contributed by atoms with Crippen LogP contribution in [0.5, 0.6) is 5.75 Å². The highest BCUT2D eigenvalue weighted by atomic mass is 16.5. The molecule has 1 aromatic rings. The lowest BCUT2D eigenvalue weighted by atomic mass is 9.94. The normalized spacial score (nSPS) is 18.6. The van der Waals surface area contributed by atoms with Gasteiger partial charge in [0.25, 0.3) is 0 Å². The second-order valence-electron chi connectivity index (χ2n) is 8.21. The lowest BCUT2D eigenvalue weighted by Gasteiger charge is -2.31. The van der Waals surface area contributed by atoms with E-state index in [2.05, 4.69) is 10.3 Å². The van der Waals surface area contributed by atoms with Crippen LogP contribution in [0.25, 0.3) is 0 Å². The molecule has 7 nitrogen and oxygen atoms in total. The Morgan fingerprint density at radius 1 is 1.24 bits per heavy atom. The molecule has 7 heteroatoms. The van der Waals surface area contributed by atoms with Crippen molar-refractivity contribution in [2.24, 2.45) is 4.99 Å². The molecule has 2 amide bonds. The van der Waals surface area contributed by atoms with Gasteiger partial charge in [-0.15, -0.1) is 0 Å². The summed E-state index contributed by atoms with van der Waals surface area (Å²) in [7, 11) is 1.95. The molecule has 1 aromatic carbocycles. The molecule has 0 bridgehead atoms. The number of carbonyl (C=O) groups is 2. The molecular weight excluding hydrogens is 368 g/mol. The van der Waals surface area contributed by atoms with Crippen molar-refractivity contribution in [3.63, 3.8) is 0 Å². The first kappa shape index (κ1) is 19.7. The Hall–Kier alpha value is -2.57. The molecule has 3 aliphatic rings. The van der Waals surface area contributed by atoms with Gasteiger partial charge in [0, 0.05) is 31.6 Å². The molecule has 156 valence electrons. The second kappa shape index (κ2) is 8.84. The molecule has 2 fully saturated rings. The van der Waals surface area contributed by atoms with Crippen LogP contribution < -0.4 is 10.1 Å². The number of nitrogens with one attached hydrogen (secondary N) is 1. The third kappa shape index (κ3) is 4.54. The summed E-state index contributed by atoms with van der Waals surface area (Å²) < 4.78 is 5.98. The summed E-state index contributed by atoms with van der Waals surface area (Å²) in [5.74, 6) is 1.57. The molecule has 1 N–H and O–H groups in total. The summed E-state index contributed by atoms with van der Waals surface area (Å²) in [6.07, 6.45) is 8.29. The molecule has 1 saturated heterocycles. The van der Waals surface area contributed by atoms with Gasteiger partial charge in [-0.05, 0) is 31.7 Å². The minimum atomic E-state index is -0.0260. The molecule has 29 heavy (non-hydrogen) atoms. The fourth-order valence-electron chi connectivity index (χ4n) is 4.38. The topological polar surface area (TPSA) is 74.2 Å². The van der Waals surface area contributed by atoms with E-state index in [0.29, 0.717) is 38.1 Å². The molecule has 2 aliphatic heterocycles. The Morgan fingerprint density at radius 2 is 2.07 bits per heavy atom. The number of aliphatic imine (C=N–C) groups is 1. The predicted molar refractivity (Wildman–Crippen MR) is 111 cm³/mol. The largest absolute Gasteiger partial charge is 0.491 e. The minimum absolute atomic E-state index is 0.0260. The Bertz CT molecular complexity index is 801. The van der Waals surface area contributed by atoms with Gasteiger partial charge in [0.2, 0.25) is 17.8 Å². The Balaban J connectivity index is 1.24. The van der Waals surface area contributed by atoms with Crippen molar-refractivity contribution in [2.75, 3.05) is 20.2 Å². The van der Waals surface area contributed by atoms with Gasteiger partial charge >= 0.3 is 0 Å². The summed E-state index contributed by atoms with van der Waals surface area (Å²) in [6.45, 7) is 1.57. The first-order valence-corrected chi connectivity index (χ1v) is 10.8. The van der Waals surface area contributed by atoms with Gasteiger partial charge in [-0.1, -0.05) is 31.4 Å². The van der Waals surface area contributed by atoms with Crippen molar-refractivity contribution >= 4 is 23.5 Å². The van der Waals surface area contributed by atoms with Crippen molar-refractivity contribution < 1.29 is 14.3 Å². The summed E-state index contributed by atoms with van der Waals surface area (Å²) >= 11 is 0. The van der Waals surface area contributed by atoms with Crippen LogP contribution in [0.2, 0.25) is 0 Å². The lowest BCUT2D eigenvalue weighted by Crippen LogP contribution is -2.38. The summed E-state index contributed by atoms with van der Waals surface area (Å²) in [4.78, 5) is 32.5. The lowest BCUT2D eigenvalue weighted by molar-refractivity contribution is -0.132. The summed E-state index contributed by atoms with van der Waals surface area (Å²) in [5, 5.41) is 2.79. The molecule has 0 atom stereocenters. The van der Waals surface area contributed by atoms with Crippen LogP contribution in [0.15, 0.2) is 23.2 Å². The van der Waals surface area contributed by atoms with E-state index in [9.17, 15) is 9.59 Å². The Morgan fingerprint density at radius 3 is 2.90 bits per heavy atom. The van der Waals surface area contributed by atoms with E-state index in [4.69, 9.17) is 4.74 Å². The number of fused-ring (bicyclic) bond motifs is 2. The van der Waals surface area contributed by atoms with Crippen molar-refractivity contribution in [1.82, 2.24) is 15.1 Å². The SMILES string of the molecule is CN(C(=O)CCCCOc1cccc2c1N=C1NC(=O)CN1C2)C1CCCCC1. The first-order chi connectivity index (χ1) is 14.1. The third-order valence-corrected chi connectivity index (χ3v) is 6.11. The summed E-state index contributed by atoms with van der Waals surface area (Å²) in [5.41, 5.74) is 1.86. The highest BCUT2D eigenvalue weighted by molar-refractivity contribution is 6.06. The van der Waals surface area contributed by atoms with E-state index in [-0.39, 0.29) is 11.8 Å². The van der Waals surface area contributed by atoms with Crippen LogP contribution in [0.1, 0.15) is 56.9 Å². The van der Waals surface area contributed by atoms with E-state index >= 15 is 0 Å². The quantitative estimate of drug-likeness (QED) is 0.717. The number of guanidine groups is 1. The van der Waals surface area contributed by atoms with E-state index in [1.807, 2.05) is 35.0 Å². The number of amides is 2. The fraction of sp³-hybridized carbons (Fsp3) is 0.591. The van der Waals surface area contributed by atoms with Crippen LogP contribution in [-0.4, -0.2) is 53.8 Å². The number of hydrogen-bond acceptors (Lipinski definition) is 5. The first-order valence-electron chi connectivity index (χ1n) is 10.8. The van der Waals surface area contributed by atoms with E-state index in [0.717, 1.165) is 42.7 Å². The zero-order valence-electron chi connectivity index (χ0n) is 17.2. The third-order valence-electron chi connectivity index (χ3n) is 6.11. The van der Waals surface area contributed by atoms with Gasteiger partial charge in [-0.25, -0.2) is 4.99 Å². The average molecular weight is 399 g/mol. The van der Waals surface area contributed by atoms with Gasteiger partial charge < -0.3 is 14.5 Å². The number of para-hydroxylation sites is 1. The number of nitrogens with zero attached hydrogens (tertiary/aromatic N) is 3.